The van der Waals surface area contributed by atoms with Gasteiger partial charge in [0.1, 0.15) is 0 Å². The van der Waals surface area contributed by atoms with Crippen molar-refractivity contribution in [1.29, 1.82) is 0 Å². The first kappa shape index (κ1) is 22.1. The fourth-order valence-corrected chi connectivity index (χ4v) is 2.67. The molecule has 7 heteroatoms. The van der Waals surface area contributed by atoms with Crippen molar-refractivity contribution in [3.8, 4) is 0 Å². The van der Waals surface area contributed by atoms with E-state index in [2.05, 4.69) is 39.8 Å². The zero-order valence-electron chi connectivity index (χ0n) is 14.3. The molecule has 0 aliphatic carbocycles. The second kappa shape index (κ2) is 12.4. The minimum absolute atomic E-state index is 0.0671. The summed E-state index contributed by atoms with van der Waals surface area (Å²) < 4.78 is 8.22. The van der Waals surface area contributed by atoms with Crippen LogP contribution in [0, 0.1) is 0 Å². The van der Waals surface area contributed by atoms with Crippen molar-refractivity contribution < 1.29 is 22.4 Å². The molecular weight excluding hydrogens is 436 g/mol. The molecule has 4 nitrogen and oxygen atoms in total. The van der Waals surface area contributed by atoms with Gasteiger partial charge < -0.3 is 40.8 Å². The molecule has 2 aromatic carbocycles. The number of para-hydroxylation sites is 1. The van der Waals surface area contributed by atoms with Gasteiger partial charge in [0.2, 0.25) is 0 Å². The van der Waals surface area contributed by atoms with Crippen LogP contribution in [0.2, 0.25) is 0 Å². The zero-order valence-corrected chi connectivity index (χ0v) is 17.8. The fourth-order valence-electron chi connectivity index (χ4n) is 2.18. The van der Waals surface area contributed by atoms with E-state index in [1.165, 1.54) is 11.3 Å². The van der Waals surface area contributed by atoms with Crippen LogP contribution in [0.5, 0.6) is 0 Å². The van der Waals surface area contributed by atoms with Crippen LogP contribution >= 0.6 is 0 Å². The van der Waals surface area contributed by atoms with Crippen molar-refractivity contribution in [2.75, 3.05) is 38.6 Å². The fraction of sp³-hybridized carbons (Fsp3) is 0.333. The van der Waals surface area contributed by atoms with Gasteiger partial charge in [-0.05, 0) is 25.2 Å². The van der Waals surface area contributed by atoms with Gasteiger partial charge in [-0.1, -0.05) is 42.0 Å². The summed E-state index contributed by atoms with van der Waals surface area (Å²) in [6, 6.07) is 16.2. The summed E-state index contributed by atoms with van der Waals surface area (Å²) in [4.78, 5) is 2.88. The van der Waals surface area contributed by atoms with Crippen molar-refractivity contribution in [2.24, 2.45) is 0 Å². The molecule has 0 radical (unpaired) electrons. The van der Waals surface area contributed by atoms with Gasteiger partial charge >= 0.3 is 22.4 Å². The van der Waals surface area contributed by atoms with Gasteiger partial charge in [0.25, 0.3) is 0 Å². The molecule has 0 saturated heterocycles. The Labute approximate surface area is 172 Å². The molecule has 0 heterocycles. The van der Waals surface area contributed by atoms with Crippen molar-refractivity contribution in [2.45, 2.75) is 10.1 Å². The Morgan fingerprint density at radius 3 is 2.36 bits per heavy atom. The summed E-state index contributed by atoms with van der Waals surface area (Å²) in [5, 5.41) is 7.94. The molecule has 0 aliphatic rings. The normalized spacial score (nSPS) is 11.2. The Hall–Kier alpha value is -0.981. The number of hydrogen-bond acceptors (Lipinski definition) is 5. The van der Waals surface area contributed by atoms with E-state index in [0.29, 0.717) is 6.54 Å². The number of rotatable bonds is 8. The van der Waals surface area contributed by atoms with E-state index in [4.69, 9.17) is 28.8 Å². The Kier molecular flexibility index (Phi) is 10.9. The first-order valence-corrected chi connectivity index (χ1v) is 9.44. The molecule has 2 aromatic rings. The van der Waals surface area contributed by atoms with Crippen molar-refractivity contribution in [3.05, 3.63) is 59.4 Å². The van der Waals surface area contributed by atoms with Crippen LogP contribution in [0.1, 0.15) is 10.8 Å². The first-order chi connectivity index (χ1) is 12.1. The van der Waals surface area contributed by atoms with E-state index in [0.717, 1.165) is 42.5 Å². The van der Waals surface area contributed by atoms with Crippen LogP contribution in [-0.4, -0.2) is 33.7 Å². The average Bonchev–Trinajstić information content (AvgIpc) is 2.64. The maximum atomic E-state index is 8.22. The molecule has 1 unspecified atom stereocenters. The van der Waals surface area contributed by atoms with Crippen LogP contribution in [0.4, 0.5) is 11.4 Å². The maximum absolute atomic E-state index is 8.22. The number of nitrogens with one attached hydrogen (secondary N) is 1. The third kappa shape index (κ3) is 7.84. The van der Waals surface area contributed by atoms with E-state index >= 15 is 0 Å². The summed E-state index contributed by atoms with van der Waals surface area (Å²) in [5.74, 6) is 0. The number of hydrogen-bond donors (Lipinski definition) is 1. The molecule has 1 atom stereocenters. The van der Waals surface area contributed by atoms with Crippen molar-refractivity contribution in [3.63, 3.8) is 0 Å². The molecular formula is C18H22N3OS2Tc+. The van der Waals surface area contributed by atoms with Crippen LogP contribution in [0.3, 0.4) is 0 Å². The van der Waals surface area contributed by atoms with Crippen molar-refractivity contribution in [1.82, 2.24) is 5.32 Å². The Bertz CT molecular complexity index is 626. The molecule has 0 aromatic heterocycles. The Balaban J connectivity index is 0.00000151. The average molecular weight is 459 g/mol. The molecule has 0 fully saturated rings. The quantitative estimate of drug-likeness (QED) is 0.485. The molecule has 133 valence electrons. The first-order valence-electron chi connectivity index (χ1n) is 7.80. The summed E-state index contributed by atoms with van der Waals surface area (Å²) in [6.45, 7) is 2.27. The monoisotopic (exact) mass is 457 g/mol. The summed E-state index contributed by atoms with van der Waals surface area (Å²) in [7, 11) is 4.07. The third-order valence-electron chi connectivity index (χ3n) is 3.55. The standard InChI is InChI=1S/C18H24N3S2.O.Tc/c1-21(2)15-9-7-14(8-10-15)18(23)13-19-11-12-20-16-5-3-4-6-17(16)22;;/h3-10,18-19,22-23H,11-13H2,1-2H3;;/q-1;;+4/p-2. The molecule has 25 heavy (non-hydrogen) atoms. The second-order valence-corrected chi connectivity index (χ2v) is 6.54. The van der Waals surface area contributed by atoms with E-state index in [1.54, 1.807) is 0 Å². The molecule has 0 bridgehead atoms. The van der Waals surface area contributed by atoms with Crippen LogP contribution in [-0.2, 0) is 47.6 Å². The number of anilines is 1. The van der Waals surface area contributed by atoms with Gasteiger partial charge in [-0.2, -0.15) is 10.6 Å². The van der Waals surface area contributed by atoms with Crippen molar-refractivity contribution >= 4 is 36.6 Å². The second-order valence-electron chi connectivity index (χ2n) is 5.53. The number of nitrogens with zero attached hydrogens (tertiary/aromatic N) is 2. The van der Waals surface area contributed by atoms with E-state index in [-0.39, 0.29) is 5.25 Å². The van der Waals surface area contributed by atoms with Gasteiger partial charge in [-0.25, -0.2) is 0 Å². The Morgan fingerprint density at radius 1 is 1.12 bits per heavy atom. The third-order valence-corrected chi connectivity index (χ3v) is 4.33. The SMILES string of the molecule is CN(C)c1ccc(C([S-])CNCC[N-]c2ccccc2[S-])cc1.[O]=[Tc+4]. The van der Waals surface area contributed by atoms with Gasteiger partial charge in [0, 0.05) is 19.8 Å². The Morgan fingerprint density at radius 2 is 1.76 bits per heavy atom. The predicted octanol–water partition coefficient (Wildman–Crippen LogP) is 3.42. The molecule has 0 aliphatic heterocycles. The van der Waals surface area contributed by atoms with Crippen LogP contribution < -0.4 is 10.2 Å². The molecule has 2 rings (SSSR count). The van der Waals surface area contributed by atoms with E-state index < -0.39 is 0 Å². The predicted molar refractivity (Wildman–Crippen MR) is 104 cm³/mol. The topological polar surface area (TPSA) is 46.4 Å². The van der Waals surface area contributed by atoms with Gasteiger partial charge in [0.05, 0.1) is 0 Å². The summed E-state index contributed by atoms with van der Waals surface area (Å²) >= 11 is 11.7. The van der Waals surface area contributed by atoms with Crippen LogP contribution in [0.15, 0.2) is 53.4 Å². The molecule has 1 N–H and O–H groups in total. The molecule has 0 saturated carbocycles. The summed E-state index contributed by atoms with van der Waals surface area (Å²) in [6.07, 6.45) is 0. The number of benzene rings is 2. The summed E-state index contributed by atoms with van der Waals surface area (Å²) in [5.41, 5.74) is 3.25. The van der Waals surface area contributed by atoms with E-state index in [9.17, 15) is 0 Å². The minimum atomic E-state index is 0.0671. The van der Waals surface area contributed by atoms with Crippen LogP contribution in [0.25, 0.3) is 5.32 Å². The van der Waals surface area contributed by atoms with Gasteiger partial charge in [0.15, 0.2) is 0 Å². The van der Waals surface area contributed by atoms with Gasteiger partial charge in [-0.15, -0.1) is 11.8 Å². The zero-order chi connectivity index (χ0) is 18.7. The molecule has 0 amide bonds. The van der Waals surface area contributed by atoms with Gasteiger partial charge in [-0.3, -0.25) is 0 Å². The van der Waals surface area contributed by atoms with E-state index in [1.807, 2.05) is 38.4 Å². The molecule has 0 spiro atoms.